The third kappa shape index (κ3) is 5.85. The summed E-state index contributed by atoms with van der Waals surface area (Å²) in [5.74, 6) is -0.0262. The Labute approximate surface area is 199 Å². The molecular weight excluding hydrogens is 463 g/mol. The van der Waals surface area contributed by atoms with Crippen molar-refractivity contribution < 1.29 is 17.6 Å². The number of amides is 1. The Kier molecular flexibility index (Phi) is 7.87. The molecule has 0 atom stereocenters. The Morgan fingerprint density at radius 2 is 1.64 bits per heavy atom. The van der Waals surface area contributed by atoms with Gasteiger partial charge in [-0.05, 0) is 37.1 Å². The van der Waals surface area contributed by atoms with Crippen molar-refractivity contribution in [1.82, 2.24) is 14.2 Å². The number of carbonyl (C=O) groups is 1. The maximum Gasteiger partial charge on any atom is 0.244 e. The number of nitrogens with zero attached hydrogens (tertiary/aromatic N) is 4. The number of halogens is 1. The summed E-state index contributed by atoms with van der Waals surface area (Å²) in [7, 11) is -3.53. The van der Waals surface area contributed by atoms with Gasteiger partial charge in [-0.2, -0.15) is 4.31 Å². The average Bonchev–Trinajstić information content (AvgIpc) is 3.14. The number of anilines is 1. The van der Waals surface area contributed by atoms with Crippen LogP contribution in [0.25, 0.3) is 0 Å². The fourth-order valence-corrected chi connectivity index (χ4v) is 6.38. The normalized spacial score (nSPS) is 18.2. The molecule has 3 heterocycles. The van der Waals surface area contributed by atoms with Crippen LogP contribution in [0.4, 0.5) is 10.1 Å². The molecule has 0 N–H and O–H groups in total. The molecule has 2 fully saturated rings. The van der Waals surface area contributed by atoms with Crippen molar-refractivity contribution >= 4 is 33.4 Å². The van der Waals surface area contributed by atoms with E-state index >= 15 is 0 Å². The Balaban J connectivity index is 1.28. The molecule has 33 heavy (non-hydrogen) atoms. The number of rotatable bonds is 6. The van der Waals surface area contributed by atoms with E-state index in [-0.39, 0.29) is 22.4 Å². The number of para-hydroxylation sites is 1. The first-order valence-corrected chi connectivity index (χ1v) is 13.7. The molecule has 2 aromatic rings. The van der Waals surface area contributed by atoms with Gasteiger partial charge in [0.1, 0.15) is 10.7 Å². The molecule has 0 unspecified atom stereocenters. The predicted octanol–water partition coefficient (Wildman–Crippen LogP) is 3.23. The molecule has 0 bridgehead atoms. The van der Waals surface area contributed by atoms with Gasteiger partial charge in [-0.25, -0.2) is 17.8 Å². The van der Waals surface area contributed by atoms with Crippen LogP contribution < -0.4 is 4.90 Å². The SMILES string of the molecule is O=C(CSc1ccc(S(=O)(=O)N2CCCCCC2)cn1)N1CCN(c2ccccc2F)CC1. The number of hydrogen-bond acceptors (Lipinski definition) is 6. The van der Waals surface area contributed by atoms with Gasteiger partial charge in [0, 0.05) is 45.5 Å². The highest BCUT2D eigenvalue weighted by atomic mass is 32.2. The summed E-state index contributed by atoms with van der Waals surface area (Å²) in [6.07, 6.45) is 5.28. The van der Waals surface area contributed by atoms with Gasteiger partial charge in [0.25, 0.3) is 0 Å². The van der Waals surface area contributed by atoms with Crippen LogP contribution in [0.1, 0.15) is 25.7 Å². The minimum Gasteiger partial charge on any atom is -0.366 e. The summed E-state index contributed by atoms with van der Waals surface area (Å²) in [6, 6.07) is 9.92. The molecule has 1 aromatic carbocycles. The van der Waals surface area contributed by atoms with Crippen molar-refractivity contribution in [2.75, 3.05) is 49.9 Å². The third-order valence-electron chi connectivity index (χ3n) is 6.08. The van der Waals surface area contributed by atoms with Crippen LogP contribution in [-0.2, 0) is 14.8 Å². The minimum atomic E-state index is -3.53. The number of piperazine rings is 1. The second kappa shape index (κ2) is 10.8. The summed E-state index contributed by atoms with van der Waals surface area (Å²) < 4.78 is 41.3. The Hall–Kier alpha value is -2.17. The van der Waals surface area contributed by atoms with E-state index < -0.39 is 10.0 Å². The summed E-state index contributed by atoms with van der Waals surface area (Å²) in [5.41, 5.74) is 0.568. The predicted molar refractivity (Wildman–Crippen MR) is 127 cm³/mol. The number of benzene rings is 1. The number of hydrogen-bond donors (Lipinski definition) is 0. The lowest BCUT2D eigenvalue weighted by Crippen LogP contribution is -2.49. The molecule has 10 heteroatoms. The zero-order chi connectivity index (χ0) is 23.3. The fourth-order valence-electron chi connectivity index (χ4n) is 4.17. The van der Waals surface area contributed by atoms with Crippen LogP contribution in [0.2, 0.25) is 0 Å². The molecule has 7 nitrogen and oxygen atoms in total. The average molecular weight is 493 g/mol. The van der Waals surface area contributed by atoms with Crippen molar-refractivity contribution in [3.63, 3.8) is 0 Å². The first kappa shape index (κ1) is 24.0. The zero-order valence-electron chi connectivity index (χ0n) is 18.5. The monoisotopic (exact) mass is 492 g/mol. The minimum absolute atomic E-state index is 0.00347. The van der Waals surface area contributed by atoms with Gasteiger partial charge in [-0.15, -0.1) is 0 Å². The third-order valence-corrected chi connectivity index (χ3v) is 8.89. The number of sulfonamides is 1. The quantitative estimate of drug-likeness (QED) is 0.577. The molecule has 4 rings (SSSR count). The number of pyridine rings is 1. The van der Waals surface area contributed by atoms with E-state index in [1.807, 2.05) is 11.0 Å². The van der Waals surface area contributed by atoms with Gasteiger partial charge in [-0.3, -0.25) is 4.79 Å². The molecule has 0 saturated carbocycles. The lowest BCUT2D eigenvalue weighted by Gasteiger charge is -2.36. The van der Waals surface area contributed by atoms with E-state index in [0.29, 0.717) is 50.0 Å². The summed E-state index contributed by atoms with van der Waals surface area (Å²) >= 11 is 1.30. The molecule has 0 aliphatic carbocycles. The molecule has 2 saturated heterocycles. The lowest BCUT2D eigenvalue weighted by molar-refractivity contribution is -0.128. The van der Waals surface area contributed by atoms with Crippen LogP contribution in [0, 0.1) is 5.82 Å². The highest BCUT2D eigenvalue weighted by Gasteiger charge is 2.26. The largest absolute Gasteiger partial charge is 0.366 e. The van der Waals surface area contributed by atoms with E-state index in [2.05, 4.69) is 4.98 Å². The Morgan fingerprint density at radius 1 is 0.939 bits per heavy atom. The van der Waals surface area contributed by atoms with Crippen molar-refractivity contribution in [1.29, 1.82) is 0 Å². The molecular formula is C23H29FN4O3S2. The zero-order valence-corrected chi connectivity index (χ0v) is 20.2. The summed E-state index contributed by atoms with van der Waals surface area (Å²) in [4.78, 5) is 20.8. The van der Waals surface area contributed by atoms with Gasteiger partial charge < -0.3 is 9.80 Å². The maximum absolute atomic E-state index is 14.0. The van der Waals surface area contributed by atoms with E-state index in [1.165, 1.54) is 24.0 Å². The van der Waals surface area contributed by atoms with E-state index in [0.717, 1.165) is 25.7 Å². The Bertz CT molecular complexity index is 1050. The second-order valence-electron chi connectivity index (χ2n) is 8.26. The van der Waals surface area contributed by atoms with Gasteiger partial charge in [0.2, 0.25) is 15.9 Å². The van der Waals surface area contributed by atoms with Crippen molar-refractivity contribution in [2.45, 2.75) is 35.6 Å². The smallest absolute Gasteiger partial charge is 0.244 e. The summed E-state index contributed by atoms with van der Waals surface area (Å²) in [5, 5.41) is 0.614. The van der Waals surface area contributed by atoms with E-state index in [9.17, 15) is 17.6 Å². The summed E-state index contributed by atoms with van der Waals surface area (Å²) in [6.45, 7) is 3.34. The van der Waals surface area contributed by atoms with E-state index in [4.69, 9.17) is 0 Å². The van der Waals surface area contributed by atoms with Gasteiger partial charge >= 0.3 is 0 Å². The molecule has 1 amide bonds. The molecule has 2 aliphatic heterocycles. The van der Waals surface area contributed by atoms with Crippen LogP contribution in [-0.4, -0.2) is 73.5 Å². The number of aromatic nitrogens is 1. The molecule has 178 valence electrons. The molecule has 0 radical (unpaired) electrons. The highest BCUT2D eigenvalue weighted by Crippen LogP contribution is 2.24. The van der Waals surface area contributed by atoms with Gasteiger partial charge in [-0.1, -0.05) is 36.7 Å². The van der Waals surface area contributed by atoms with Gasteiger partial charge in [0.05, 0.1) is 16.5 Å². The Morgan fingerprint density at radius 3 is 2.27 bits per heavy atom. The van der Waals surface area contributed by atoms with Crippen LogP contribution in [0.15, 0.2) is 52.5 Å². The van der Waals surface area contributed by atoms with Crippen LogP contribution in [0.5, 0.6) is 0 Å². The van der Waals surface area contributed by atoms with Crippen LogP contribution >= 0.6 is 11.8 Å². The first-order chi connectivity index (χ1) is 15.9. The van der Waals surface area contributed by atoms with Crippen molar-refractivity contribution in [3.05, 3.63) is 48.4 Å². The topological polar surface area (TPSA) is 73.8 Å². The maximum atomic E-state index is 14.0. The van der Waals surface area contributed by atoms with Gasteiger partial charge in [0.15, 0.2) is 0 Å². The standard InChI is InChI=1S/C23H29FN4O3S2/c24-20-7-3-4-8-21(20)26-13-15-27(16-14-26)23(29)18-32-22-10-9-19(17-25-22)33(30,31)28-11-5-1-2-6-12-28/h3-4,7-10,17H,1-2,5-6,11-16,18H2. The molecule has 1 aromatic heterocycles. The van der Waals surface area contributed by atoms with Crippen molar-refractivity contribution in [3.8, 4) is 0 Å². The lowest BCUT2D eigenvalue weighted by atomic mass is 10.2. The van der Waals surface area contributed by atoms with Crippen molar-refractivity contribution in [2.24, 2.45) is 0 Å². The van der Waals surface area contributed by atoms with Crippen LogP contribution in [0.3, 0.4) is 0 Å². The second-order valence-corrected chi connectivity index (χ2v) is 11.2. The fraction of sp³-hybridized carbons (Fsp3) is 0.478. The first-order valence-electron chi connectivity index (χ1n) is 11.3. The highest BCUT2D eigenvalue weighted by molar-refractivity contribution is 7.99. The van der Waals surface area contributed by atoms with E-state index in [1.54, 1.807) is 33.5 Å². The molecule has 2 aliphatic rings. The number of thioether (sulfide) groups is 1. The molecule has 0 spiro atoms. The number of carbonyl (C=O) groups excluding carboxylic acids is 1.